The third-order valence-electron chi connectivity index (χ3n) is 15.2. The summed E-state index contributed by atoms with van der Waals surface area (Å²) in [7, 11) is 0. The molecular weight excluding hydrogens is 1050 g/mol. The molecule has 0 amide bonds. The Bertz CT molecular complexity index is 2110. The van der Waals surface area contributed by atoms with Gasteiger partial charge in [0.15, 0.2) is 11.5 Å². The van der Waals surface area contributed by atoms with Gasteiger partial charge in [0, 0.05) is 10.9 Å². The first-order valence-electron chi connectivity index (χ1n) is 33.0. The number of rotatable bonds is 52. The first-order valence-corrected chi connectivity index (χ1v) is 34.1. The number of unbranched alkanes of at least 4 members (excludes halogenated alkanes) is 32. The molecule has 0 saturated heterocycles. The van der Waals surface area contributed by atoms with E-state index in [0.717, 1.165) is 109 Å². The van der Waals surface area contributed by atoms with Gasteiger partial charge < -0.3 is 28.4 Å². The third kappa shape index (κ3) is 33.0. The Kier molecular flexibility index (Phi) is 41.2. The Balaban J connectivity index is 1.28. The van der Waals surface area contributed by atoms with Crippen LogP contribution in [0.4, 0.5) is 0 Å². The molecule has 0 radical (unpaired) electrons. The summed E-state index contributed by atoms with van der Waals surface area (Å²) in [5.41, 5.74) is 4.14. The molecule has 446 valence electrons. The van der Waals surface area contributed by atoms with Crippen molar-refractivity contribution < 1.29 is 28.4 Å². The van der Waals surface area contributed by atoms with E-state index in [4.69, 9.17) is 28.4 Å². The minimum atomic E-state index is 0.641. The second-order valence-electron chi connectivity index (χ2n) is 22.4. The van der Waals surface area contributed by atoms with Crippen LogP contribution in [0.1, 0.15) is 269 Å². The molecule has 80 heavy (non-hydrogen) atoms. The molecular formula is C73H111BrO6. The predicted molar refractivity (Wildman–Crippen MR) is 345 cm³/mol. The second-order valence-corrected chi connectivity index (χ2v) is 23.2. The number of alkyl halides is 1. The first-order chi connectivity index (χ1) is 39.6. The van der Waals surface area contributed by atoms with Crippen molar-refractivity contribution in [2.75, 3.05) is 45.0 Å². The largest absolute Gasteiger partial charge is 0.494 e. The highest BCUT2D eigenvalue weighted by Crippen LogP contribution is 2.41. The van der Waals surface area contributed by atoms with Gasteiger partial charge in [0.2, 0.25) is 5.75 Å². The smallest absolute Gasteiger partial charge is 0.204 e. The van der Waals surface area contributed by atoms with Crippen LogP contribution in [0, 0.1) is 11.8 Å². The lowest BCUT2D eigenvalue weighted by Crippen LogP contribution is -2.07. The van der Waals surface area contributed by atoms with Gasteiger partial charge in [-0.05, 0) is 136 Å². The lowest BCUT2D eigenvalue weighted by atomic mass is 10.1. The highest BCUT2D eigenvalue weighted by molar-refractivity contribution is 9.09. The fourth-order valence-electron chi connectivity index (χ4n) is 10.1. The van der Waals surface area contributed by atoms with Crippen molar-refractivity contribution in [3.8, 4) is 57.5 Å². The second kappa shape index (κ2) is 48.3. The van der Waals surface area contributed by atoms with Gasteiger partial charge in [-0.15, -0.1) is 0 Å². The van der Waals surface area contributed by atoms with Gasteiger partial charge in [-0.25, -0.2) is 0 Å². The van der Waals surface area contributed by atoms with Crippen molar-refractivity contribution in [2.24, 2.45) is 0 Å². The highest BCUT2D eigenvalue weighted by atomic mass is 79.9. The predicted octanol–water partition coefficient (Wildman–Crippen LogP) is 22.6. The van der Waals surface area contributed by atoms with Gasteiger partial charge in [0.05, 0.1) is 45.2 Å². The van der Waals surface area contributed by atoms with Gasteiger partial charge in [-0.1, -0.05) is 246 Å². The van der Waals surface area contributed by atoms with Gasteiger partial charge in [0.25, 0.3) is 0 Å². The molecule has 6 nitrogen and oxygen atoms in total. The van der Waals surface area contributed by atoms with Crippen LogP contribution in [-0.4, -0.2) is 45.0 Å². The standard InChI is InChI=1S/C73H111BrO6/c1-4-7-10-13-16-19-22-25-28-37-61-78-71-56-49-67(72(79-62-38-29-26-23-20-17-14-11-8-5-2)73(71)80-63-39-30-27-24-21-18-15-12-9-6-3)44-41-64-42-50-68(51-43-64)75-58-35-31-32-36-59-76-69-52-45-65(46-53-69)66-47-54-70(55-48-66)77-60-40-33-34-57-74/h42-43,45-56H,4-40,57-63H2,1-3H3. The molecule has 7 heteroatoms. The van der Waals surface area contributed by atoms with Crippen LogP contribution in [0.25, 0.3) is 11.1 Å². The van der Waals surface area contributed by atoms with E-state index in [1.165, 1.54) is 197 Å². The van der Waals surface area contributed by atoms with Crippen LogP contribution in [0.3, 0.4) is 0 Å². The van der Waals surface area contributed by atoms with Crippen molar-refractivity contribution in [2.45, 2.75) is 258 Å². The Labute approximate surface area is 498 Å². The summed E-state index contributed by atoms with van der Waals surface area (Å²) in [5, 5.41) is 1.06. The summed E-state index contributed by atoms with van der Waals surface area (Å²) in [4.78, 5) is 0. The number of ether oxygens (including phenoxy) is 6. The van der Waals surface area contributed by atoms with Gasteiger partial charge in [-0.2, -0.15) is 0 Å². The molecule has 0 unspecified atom stereocenters. The molecule has 4 aromatic rings. The van der Waals surface area contributed by atoms with E-state index in [1.807, 2.05) is 12.1 Å². The van der Waals surface area contributed by atoms with Crippen LogP contribution >= 0.6 is 15.9 Å². The van der Waals surface area contributed by atoms with Crippen molar-refractivity contribution in [1.29, 1.82) is 0 Å². The average molecular weight is 1160 g/mol. The van der Waals surface area contributed by atoms with Crippen molar-refractivity contribution in [3.63, 3.8) is 0 Å². The fraction of sp³-hybridized carbons (Fsp3) is 0.644. The van der Waals surface area contributed by atoms with E-state index in [2.05, 4.69) is 121 Å². The Morgan fingerprint density at radius 1 is 0.275 bits per heavy atom. The zero-order chi connectivity index (χ0) is 56.4. The monoisotopic (exact) mass is 1160 g/mol. The number of halogens is 1. The first kappa shape index (κ1) is 68.2. The SMILES string of the molecule is CCCCCCCCCCCCOc1ccc(C#Cc2ccc(OCCCCCCOc3ccc(-c4ccc(OCCCCCBr)cc4)cc3)cc2)c(OCCCCCCCCCCCC)c1OCCCCCCCCCCCC. The zero-order valence-electron chi connectivity index (χ0n) is 51.0. The molecule has 4 aromatic carbocycles. The van der Waals surface area contributed by atoms with Gasteiger partial charge in [-0.3, -0.25) is 0 Å². The van der Waals surface area contributed by atoms with Crippen molar-refractivity contribution in [3.05, 3.63) is 96.1 Å². The van der Waals surface area contributed by atoms with E-state index in [9.17, 15) is 0 Å². The molecule has 0 N–H and O–H groups in total. The molecule has 0 aliphatic heterocycles. The average Bonchev–Trinajstić information content (AvgIpc) is 3.49. The molecule has 0 fully saturated rings. The summed E-state index contributed by atoms with van der Waals surface area (Å²) in [5.74, 6) is 11.9. The van der Waals surface area contributed by atoms with E-state index in [1.54, 1.807) is 0 Å². The molecule has 0 spiro atoms. The number of benzene rings is 4. The summed E-state index contributed by atoms with van der Waals surface area (Å²) in [6.07, 6.45) is 46.5. The molecule has 0 atom stereocenters. The minimum Gasteiger partial charge on any atom is -0.494 e. The van der Waals surface area contributed by atoms with E-state index in [-0.39, 0.29) is 0 Å². The lowest BCUT2D eigenvalue weighted by Gasteiger charge is -2.19. The third-order valence-corrected chi connectivity index (χ3v) is 15.7. The molecule has 0 aromatic heterocycles. The molecule has 0 heterocycles. The quantitative estimate of drug-likeness (QED) is 0.0249. The molecule has 0 aliphatic rings. The summed E-state index contributed by atoms with van der Waals surface area (Å²) in [6.45, 7) is 11.0. The Morgan fingerprint density at radius 2 is 0.575 bits per heavy atom. The maximum Gasteiger partial charge on any atom is 0.204 e. The summed E-state index contributed by atoms with van der Waals surface area (Å²) < 4.78 is 38.2. The Hall–Kier alpha value is -4.28. The van der Waals surface area contributed by atoms with Gasteiger partial charge >= 0.3 is 0 Å². The fourth-order valence-corrected chi connectivity index (χ4v) is 10.5. The van der Waals surface area contributed by atoms with E-state index < -0.39 is 0 Å². The maximum absolute atomic E-state index is 6.75. The summed E-state index contributed by atoms with van der Waals surface area (Å²) >= 11 is 3.49. The van der Waals surface area contributed by atoms with Gasteiger partial charge in [0.1, 0.15) is 17.2 Å². The van der Waals surface area contributed by atoms with Crippen LogP contribution in [0.5, 0.6) is 34.5 Å². The molecule has 0 aliphatic carbocycles. The van der Waals surface area contributed by atoms with Crippen LogP contribution < -0.4 is 28.4 Å². The van der Waals surface area contributed by atoms with E-state index >= 15 is 0 Å². The molecule has 0 saturated carbocycles. The number of hydrogen-bond acceptors (Lipinski definition) is 6. The zero-order valence-corrected chi connectivity index (χ0v) is 52.6. The topological polar surface area (TPSA) is 55.4 Å². The number of hydrogen-bond donors (Lipinski definition) is 0. The normalized spacial score (nSPS) is 11.1. The van der Waals surface area contributed by atoms with Crippen LogP contribution in [0.15, 0.2) is 84.9 Å². The summed E-state index contributed by atoms with van der Waals surface area (Å²) in [6, 6.07) is 29.1. The molecule has 0 bridgehead atoms. The van der Waals surface area contributed by atoms with E-state index in [0.29, 0.717) is 33.0 Å². The van der Waals surface area contributed by atoms with Crippen molar-refractivity contribution >= 4 is 15.9 Å². The van der Waals surface area contributed by atoms with Crippen molar-refractivity contribution in [1.82, 2.24) is 0 Å². The molecule has 4 rings (SSSR count). The maximum atomic E-state index is 6.75. The Morgan fingerprint density at radius 3 is 0.938 bits per heavy atom. The minimum absolute atomic E-state index is 0.641. The highest BCUT2D eigenvalue weighted by Gasteiger charge is 2.18. The van der Waals surface area contributed by atoms with Crippen LogP contribution in [-0.2, 0) is 0 Å². The lowest BCUT2D eigenvalue weighted by molar-refractivity contribution is 0.234. The van der Waals surface area contributed by atoms with Crippen LogP contribution in [0.2, 0.25) is 0 Å².